The van der Waals surface area contributed by atoms with Gasteiger partial charge in [0.2, 0.25) is 5.91 Å². The monoisotopic (exact) mass is 382 g/mol. The number of aliphatic hydroxyl groups excluding tert-OH is 1. The van der Waals surface area contributed by atoms with Gasteiger partial charge in [0.25, 0.3) is 5.91 Å². The summed E-state index contributed by atoms with van der Waals surface area (Å²) in [5.74, 6) is -0.0358. The SMILES string of the molecule is CN1C(=O)C2(CCN(C(=O)c3cn(C)cn3)CC2)C[C@@H](O)[C@@H]1c1ccccc1. The topological polar surface area (TPSA) is 78.7 Å². The minimum atomic E-state index is -0.622. The van der Waals surface area contributed by atoms with Crippen LogP contribution in [0.5, 0.6) is 0 Å². The number of piperidine rings is 2. The Kier molecular flexibility index (Phi) is 4.71. The van der Waals surface area contributed by atoms with Gasteiger partial charge in [-0.15, -0.1) is 0 Å². The molecule has 2 saturated heterocycles. The van der Waals surface area contributed by atoms with Crippen LogP contribution in [0.4, 0.5) is 0 Å². The van der Waals surface area contributed by atoms with E-state index in [-0.39, 0.29) is 17.9 Å². The molecule has 148 valence electrons. The molecule has 1 N–H and O–H groups in total. The Bertz CT molecular complexity index is 871. The Morgan fingerprint density at radius 3 is 2.46 bits per heavy atom. The fourth-order valence-corrected chi connectivity index (χ4v) is 4.69. The molecular weight excluding hydrogens is 356 g/mol. The van der Waals surface area contributed by atoms with Crippen molar-refractivity contribution in [1.29, 1.82) is 0 Å². The van der Waals surface area contributed by atoms with E-state index in [2.05, 4.69) is 4.98 Å². The Morgan fingerprint density at radius 2 is 1.86 bits per heavy atom. The molecule has 2 aliphatic rings. The molecule has 1 aromatic carbocycles. The molecule has 0 radical (unpaired) electrons. The molecule has 7 heteroatoms. The quantitative estimate of drug-likeness (QED) is 0.856. The molecular formula is C21H26N4O3. The molecule has 0 bridgehead atoms. The van der Waals surface area contributed by atoms with Gasteiger partial charge in [-0.2, -0.15) is 0 Å². The zero-order valence-corrected chi connectivity index (χ0v) is 16.3. The van der Waals surface area contributed by atoms with Gasteiger partial charge in [0.1, 0.15) is 5.69 Å². The fraction of sp³-hybridized carbons (Fsp3) is 0.476. The van der Waals surface area contributed by atoms with E-state index in [4.69, 9.17) is 0 Å². The fourth-order valence-electron chi connectivity index (χ4n) is 4.69. The number of aliphatic hydroxyl groups is 1. The summed E-state index contributed by atoms with van der Waals surface area (Å²) < 4.78 is 1.75. The van der Waals surface area contributed by atoms with Crippen molar-refractivity contribution in [3.05, 3.63) is 54.1 Å². The van der Waals surface area contributed by atoms with Gasteiger partial charge in [-0.3, -0.25) is 9.59 Å². The molecule has 28 heavy (non-hydrogen) atoms. The molecule has 3 heterocycles. The van der Waals surface area contributed by atoms with Crippen LogP contribution in [-0.2, 0) is 11.8 Å². The molecule has 2 amide bonds. The van der Waals surface area contributed by atoms with Crippen LogP contribution < -0.4 is 0 Å². The third kappa shape index (κ3) is 3.09. The van der Waals surface area contributed by atoms with Gasteiger partial charge in [-0.25, -0.2) is 4.98 Å². The van der Waals surface area contributed by atoms with E-state index < -0.39 is 11.5 Å². The first-order valence-corrected chi connectivity index (χ1v) is 9.69. The molecule has 7 nitrogen and oxygen atoms in total. The number of benzene rings is 1. The van der Waals surface area contributed by atoms with Crippen molar-refractivity contribution in [2.75, 3.05) is 20.1 Å². The van der Waals surface area contributed by atoms with Gasteiger partial charge < -0.3 is 19.5 Å². The van der Waals surface area contributed by atoms with Gasteiger partial charge in [-0.1, -0.05) is 30.3 Å². The highest BCUT2D eigenvalue weighted by atomic mass is 16.3. The van der Waals surface area contributed by atoms with Crippen molar-refractivity contribution in [1.82, 2.24) is 19.4 Å². The summed E-state index contributed by atoms with van der Waals surface area (Å²) in [6.45, 7) is 0.995. The third-order valence-electron chi connectivity index (χ3n) is 6.23. The first-order valence-electron chi connectivity index (χ1n) is 9.69. The van der Waals surface area contributed by atoms with Crippen molar-refractivity contribution in [3.8, 4) is 0 Å². The number of nitrogens with zero attached hydrogens (tertiary/aromatic N) is 4. The van der Waals surface area contributed by atoms with Crippen LogP contribution in [0.2, 0.25) is 0 Å². The standard InChI is InChI=1S/C21H26N4O3/c1-23-13-16(22-14-23)19(27)25-10-8-21(9-11-25)12-17(26)18(24(2)20(21)28)15-6-4-3-5-7-15/h3-7,13-14,17-18,26H,8-12H2,1-2H3/t17-,18+/m1/s1. The van der Waals surface area contributed by atoms with Crippen molar-refractivity contribution >= 4 is 11.8 Å². The molecule has 1 spiro atoms. The number of aryl methyl sites for hydroxylation is 1. The van der Waals surface area contributed by atoms with Gasteiger partial charge in [0.15, 0.2) is 0 Å². The molecule has 0 aliphatic carbocycles. The Morgan fingerprint density at radius 1 is 1.18 bits per heavy atom. The molecule has 2 atom stereocenters. The number of carbonyl (C=O) groups is 2. The zero-order valence-electron chi connectivity index (χ0n) is 16.3. The van der Waals surface area contributed by atoms with E-state index in [0.29, 0.717) is 38.0 Å². The summed E-state index contributed by atoms with van der Waals surface area (Å²) in [6.07, 6.45) is 4.25. The number of imidazole rings is 1. The number of likely N-dealkylation sites (N-methyl/N-ethyl adjacent to an activating group) is 1. The van der Waals surface area contributed by atoms with Crippen LogP contribution >= 0.6 is 0 Å². The van der Waals surface area contributed by atoms with E-state index in [1.54, 1.807) is 33.9 Å². The Balaban J connectivity index is 1.48. The highest BCUT2D eigenvalue weighted by Crippen LogP contribution is 2.46. The van der Waals surface area contributed by atoms with Gasteiger partial charge in [0, 0.05) is 33.4 Å². The third-order valence-corrected chi connectivity index (χ3v) is 6.23. The lowest BCUT2D eigenvalue weighted by Crippen LogP contribution is -2.57. The minimum Gasteiger partial charge on any atom is -0.391 e. The first kappa shape index (κ1) is 18.7. The summed E-state index contributed by atoms with van der Waals surface area (Å²) >= 11 is 0. The molecule has 0 unspecified atom stereocenters. The lowest BCUT2D eigenvalue weighted by Gasteiger charge is -2.50. The molecule has 2 fully saturated rings. The average molecular weight is 382 g/mol. The second kappa shape index (κ2) is 7.05. The van der Waals surface area contributed by atoms with E-state index in [0.717, 1.165) is 5.56 Å². The highest BCUT2D eigenvalue weighted by molar-refractivity contribution is 5.92. The number of hydrogen-bond donors (Lipinski definition) is 1. The summed E-state index contributed by atoms with van der Waals surface area (Å²) in [7, 11) is 3.60. The van der Waals surface area contributed by atoms with Crippen molar-refractivity contribution in [3.63, 3.8) is 0 Å². The molecule has 0 saturated carbocycles. The maximum Gasteiger partial charge on any atom is 0.274 e. The number of rotatable bonds is 2. The average Bonchev–Trinajstić information content (AvgIpc) is 3.14. The van der Waals surface area contributed by atoms with E-state index in [1.165, 1.54) is 0 Å². The maximum absolute atomic E-state index is 13.3. The maximum atomic E-state index is 13.3. The van der Waals surface area contributed by atoms with Crippen LogP contribution in [0.25, 0.3) is 0 Å². The second-order valence-electron chi connectivity index (χ2n) is 8.04. The lowest BCUT2D eigenvalue weighted by atomic mass is 9.68. The van der Waals surface area contributed by atoms with E-state index in [9.17, 15) is 14.7 Å². The Hall–Kier alpha value is -2.67. The highest BCUT2D eigenvalue weighted by Gasteiger charge is 2.51. The normalized spacial score (nSPS) is 24.6. The first-order chi connectivity index (χ1) is 13.4. The van der Waals surface area contributed by atoms with Crippen molar-refractivity contribution in [2.45, 2.75) is 31.4 Å². The number of likely N-dealkylation sites (tertiary alicyclic amines) is 2. The largest absolute Gasteiger partial charge is 0.391 e. The molecule has 4 rings (SSSR count). The smallest absolute Gasteiger partial charge is 0.274 e. The van der Waals surface area contributed by atoms with E-state index >= 15 is 0 Å². The van der Waals surface area contributed by atoms with Crippen LogP contribution in [-0.4, -0.2) is 62.5 Å². The molecule has 1 aromatic heterocycles. The second-order valence-corrected chi connectivity index (χ2v) is 8.04. The summed E-state index contributed by atoms with van der Waals surface area (Å²) in [4.78, 5) is 33.5. The van der Waals surface area contributed by atoms with Crippen LogP contribution in [0, 0.1) is 5.41 Å². The van der Waals surface area contributed by atoms with Gasteiger partial charge in [0.05, 0.1) is 23.9 Å². The molecule has 2 aromatic rings. The number of amides is 2. The zero-order chi connectivity index (χ0) is 19.9. The Labute approximate surface area is 164 Å². The number of hydrogen-bond acceptors (Lipinski definition) is 4. The predicted octanol–water partition coefficient (Wildman–Crippen LogP) is 1.61. The minimum absolute atomic E-state index is 0.0663. The van der Waals surface area contributed by atoms with Crippen LogP contribution in [0.15, 0.2) is 42.9 Å². The lowest BCUT2D eigenvalue weighted by molar-refractivity contribution is -0.161. The number of carbonyl (C=O) groups excluding carboxylic acids is 2. The van der Waals surface area contributed by atoms with Crippen molar-refractivity contribution < 1.29 is 14.7 Å². The summed E-state index contributed by atoms with van der Waals surface area (Å²) in [5.41, 5.74) is 0.776. The van der Waals surface area contributed by atoms with Gasteiger partial charge in [-0.05, 0) is 24.8 Å². The van der Waals surface area contributed by atoms with Crippen molar-refractivity contribution in [2.24, 2.45) is 12.5 Å². The predicted molar refractivity (Wildman–Crippen MR) is 103 cm³/mol. The van der Waals surface area contributed by atoms with Gasteiger partial charge >= 0.3 is 0 Å². The summed E-state index contributed by atoms with van der Waals surface area (Å²) in [5, 5.41) is 10.9. The van der Waals surface area contributed by atoms with E-state index in [1.807, 2.05) is 37.4 Å². The molecule has 2 aliphatic heterocycles. The van der Waals surface area contributed by atoms with Crippen LogP contribution in [0.1, 0.15) is 41.4 Å². The summed E-state index contributed by atoms with van der Waals surface area (Å²) in [6, 6.07) is 9.34. The van der Waals surface area contributed by atoms with Crippen LogP contribution in [0.3, 0.4) is 0 Å². The number of aromatic nitrogens is 2.